The highest BCUT2D eigenvalue weighted by molar-refractivity contribution is 6.23. The minimum absolute atomic E-state index is 0.101. The van der Waals surface area contributed by atoms with Crippen LogP contribution in [0.4, 0.5) is 5.69 Å². The lowest BCUT2D eigenvalue weighted by molar-refractivity contribution is -0.126. The first-order chi connectivity index (χ1) is 12.6. The molecule has 0 aliphatic carbocycles. The lowest BCUT2D eigenvalue weighted by Crippen LogP contribution is -2.52. The molecule has 1 N–H and O–H groups in total. The van der Waals surface area contributed by atoms with Crippen molar-refractivity contribution in [3.05, 3.63) is 29.3 Å². The van der Waals surface area contributed by atoms with Gasteiger partial charge in [0, 0.05) is 31.2 Å². The van der Waals surface area contributed by atoms with Crippen molar-refractivity contribution >= 4 is 29.7 Å². The van der Waals surface area contributed by atoms with Crippen LogP contribution in [-0.2, 0) is 9.59 Å². The summed E-state index contributed by atoms with van der Waals surface area (Å²) < 4.78 is 0. The Kier molecular flexibility index (Phi) is 4.22. The van der Waals surface area contributed by atoms with Crippen LogP contribution in [0.25, 0.3) is 0 Å². The van der Waals surface area contributed by atoms with Crippen LogP contribution < -0.4 is 10.2 Å². The Morgan fingerprint density at radius 3 is 2.42 bits per heavy atom. The Bertz CT molecular complexity index is 783. The SMILES string of the molecule is O=CC1CCN(c2ccc3c(c2)C(=O)N(C2CCCNC2=O)C3=O)CC1. The van der Waals surface area contributed by atoms with Gasteiger partial charge >= 0.3 is 0 Å². The Morgan fingerprint density at radius 1 is 1.00 bits per heavy atom. The highest BCUT2D eigenvalue weighted by atomic mass is 16.2. The first-order valence-electron chi connectivity index (χ1n) is 9.10. The summed E-state index contributed by atoms with van der Waals surface area (Å²) in [5.41, 5.74) is 1.60. The molecule has 1 unspecified atom stereocenters. The Balaban J connectivity index is 1.58. The summed E-state index contributed by atoms with van der Waals surface area (Å²) in [6, 6.07) is 4.55. The van der Waals surface area contributed by atoms with E-state index in [0.717, 1.165) is 49.2 Å². The molecule has 2 fully saturated rings. The molecule has 0 aromatic heterocycles. The lowest BCUT2D eigenvalue weighted by atomic mass is 9.97. The fourth-order valence-corrected chi connectivity index (χ4v) is 4.02. The zero-order valence-electron chi connectivity index (χ0n) is 14.4. The number of anilines is 1. The normalized spacial score (nSPS) is 23.8. The number of benzene rings is 1. The summed E-state index contributed by atoms with van der Waals surface area (Å²) in [6.07, 6.45) is 3.85. The molecule has 0 bridgehead atoms. The van der Waals surface area contributed by atoms with Gasteiger partial charge in [-0.25, -0.2) is 0 Å². The summed E-state index contributed by atoms with van der Waals surface area (Å²) in [5, 5.41) is 2.73. The monoisotopic (exact) mass is 355 g/mol. The number of fused-ring (bicyclic) bond motifs is 1. The summed E-state index contributed by atoms with van der Waals surface area (Å²) in [7, 11) is 0. The molecule has 2 saturated heterocycles. The van der Waals surface area contributed by atoms with E-state index in [1.54, 1.807) is 12.1 Å². The number of nitrogens with zero attached hydrogens (tertiary/aromatic N) is 2. The van der Waals surface area contributed by atoms with Crippen LogP contribution in [0.2, 0.25) is 0 Å². The second-order valence-corrected chi connectivity index (χ2v) is 7.12. The van der Waals surface area contributed by atoms with E-state index in [2.05, 4.69) is 10.2 Å². The van der Waals surface area contributed by atoms with Crippen LogP contribution in [0.3, 0.4) is 0 Å². The van der Waals surface area contributed by atoms with E-state index in [0.29, 0.717) is 24.1 Å². The van der Waals surface area contributed by atoms with E-state index in [1.807, 2.05) is 6.07 Å². The minimum atomic E-state index is -0.720. The molecule has 1 aromatic carbocycles. The van der Waals surface area contributed by atoms with Gasteiger partial charge in [-0.15, -0.1) is 0 Å². The van der Waals surface area contributed by atoms with E-state index < -0.39 is 17.9 Å². The molecule has 3 aliphatic heterocycles. The number of piperidine rings is 2. The van der Waals surface area contributed by atoms with Gasteiger partial charge in [0.15, 0.2) is 0 Å². The summed E-state index contributed by atoms with van der Waals surface area (Å²) in [5.74, 6) is -0.943. The number of hydrogen-bond acceptors (Lipinski definition) is 5. The molecule has 0 radical (unpaired) electrons. The van der Waals surface area contributed by atoms with Gasteiger partial charge < -0.3 is 15.0 Å². The van der Waals surface area contributed by atoms with Crippen LogP contribution in [0.5, 0.6) is 0 Å². The van der Waals surface area contributed by atoms with Crippen molar-refractivity contribution < 1.29 is 19.2 Å². The Labute approximate surface area is 151 Å². The van der Waals surface area contributed by atoms with Crippen LogP contribution in [-0.4, -0.2) is 54.6 Å². The molecule has 26 heavy (non-hydrogen) atoms. The Morgan fingerprint density at radius 2 is 1.73 bits per heavy atom. The smallest absolute Gasteiger partial charge is 0.262 e. The summed E-state index contributed by atoms with van der Waals surface area (Å²) in [6.45, 7) is 2.08. The third-order valence-electron chi connectivity index (χ3n) is 5.57. The molecule has 3 aliphatic rings. The zero-order chi connectivity index (χ0) is 18.3. The van der Waals surface area contributed by atoms with Gasteiger partial charge in [0.2, 0.25) is 5.91 Å². The summed E-state index contributed by atoms with van der Waals surface area (Å²) >= 11 is 0. The van der Waals surface area contributed by atoms with Crippen LogP contribution >= 0.6 is 0 Å². The molecule has 3 heterocycles. The van der Waals surface area contributed by atoms with Crippen molar-refractivity contribution in [2.75, 3.05) is 24.5 Å². The molecule has 7 nitrogen and oxygen atoms in total. The maximum atomic E-state index is 12.8. The first kappa shape index (κ1) is 16.8. The standard InChI is InChI=1S/C19H21N3O4/c23-11-12-5-8-21(9-6-12)13-3-4-14-15(10-13)19(26)22(18(14)25)16-2-1-7-20-17(16)24/h3-4,10-12,16H,1-2,5-9H2,(H,20,24). The topological polar surface area (TPSA) is 86.8 Å². The third-order valence-corrected chi connectivity index (χ3v) is 5.57. The van der Waals surface area contributed by atoms with E-state index in [9.17, 15) is 19.2 Å². The Hall–Kier alpha value is -2.70. The zero-order valence-corrected chi connectivity index (χ0v) is 14.4. The highest BCUT2D eigenvalue weighted by Gasteiger charge is 2.43. The molecular formula is C19H21N3O4. The minimum Gasteiger partial charge on any atom is -0.371 e. The van der Waals surface area contributed by atoms with Crippen molar-refractivity contribution in [3.8, 4) is 0 Å². The lowest BCUT2D eigenvalue weighted by Gasteiger charge is -2.31. The fraction of sp³-hybridized carbons (Fsp3) is 0.474. The van der Waals surface area contributed by atoms with E-state index in [1.165, 1.54) is 0 Å². The molecule has 3 amide bonds. The average molecular weight is 355 g/mol. The van der Waals surface area contributed by atoms with Gasteiger partial charge in [-0.2, -0.15) is 0 Å². The molecule has 0 spiro atoms. The number of rotatable bonds is 3. The van der Waals surface area contributed by atoms with Gasteiger partial charge in [0.1, 0.15) is 12.3 Å². The van der Waals surface area contributed by atoms with Gasteiger partial charge in [-0.1, -0.05) is 0 Å². The molecule has 136 valence electrons. The molecule has 4 rings (SSSR count). The fourth-order valence-electron chi connectivity index (χ4n) is 4.02. The van der Waals surface area contributed by atoms with Crippen molar-refractivity contribution in [3.63, 3.8) is 0 Å². The van der Waals surface area contributed by atoms with Crippen molar-refractivity contribution in [1.82, 2.24) is 10.2 Å². The molecular weight excluding hydrogens is 334 g/mol. The number of imide groups is 1. The highest BCUT2D eigenvalue weighted by Crippen LogP contribution is 2.31. The predicted molar refractivity (Wildman–Crippen MR) is 94.0 cm³/mol. The first-order valence-corrected chi connectivity index (χ1v) is 9.10. The second kappa shape index (κ2) is 6.55. The maximum absolute atomic E-state index is 12.8. The van der Waals surface area contributed by atoms with Gasteiger partial charge in [0.05, 0.1) is 11.1 Å². The van der Waals surface area contributed by atoms with Crippen LogP contribution in [0.15, 0.2) is 18.2 Å². The van der Waals surface area contributed by atoms with Crippen LogP contribution in [0.1, 0.15) is 46.4 Å². The number of hydrogen-bond donors (Lipinski definition) is 1. The predicted octanol–water partition coefficient (Wildman–Crippen LogP) is 0.977. The maximum Gasteiger partial charge on any atom is 0.262 e. The number of carbonyl (C=O) groups is 4. The number of amides is 3. The quantitative estimate of drug-likeness (QED) is 0.645. The largest absolute Gasteiger partial charge is 0.371 e. The van der Waals surface area contributed by atoms with Crippen LogP contribution in [0, 0.1) is 5.92 Å². The number of nitrogens with one attached hydrogen (secondary N) is 1. The van der Waals surface area contributed by atoms with Gasteiger partial charge in [0.25, 0.3) is 11.8 Å². The van der Waals surface area contributed by atoms with Gasteiger partial charge in [-0.3, -0.25) is 19.3 Å². The third kappa shape index (κ3) is 2.67. The molecule has 1 atom stereocenters. The summed E-state index contributed by atoms with van der Waals surface area (Å²) in [4.78, 5) is 51.8. The average Bonchev–Trinajstić information content (AvgIpc) is 2.92. The molecule has 1 aromatic rings. The van der Waals surface area contributed by atoms with Crippen molar-refractivity contribution in [2.24, 2.45) is 5.92 Å². The molecule has 7 heteroatoms. The van der Waals surface area contributed by atoms with Crippen molar-refractivity contribution in [1.29, 1.82) is 0 Å². The van der Waals surface area contributed by atoms with E-state index >= 15 is 0 Å². The number of aldehydes is 1. The van der Waals surface area contributed by atoms with Crippen molar-refractivity contribution in [2.45, 2.75) is 31.7 Å². The second-order valence-electron chi connectivity index (χ2n) is 7.12. The number of carbonyl (C=O) groups excluding carboxylic acids is 4. The van der Waals surface area contributed by atoms with E-state index in [4.69, 9.17) is 0 Å². The van der Waals surface area contributed by atoms with E-state index in [-0.39, 0.29) is 11.8 Å². The van der Waals surface area contributed by atoms with Gasteiger partial charge in [-0.05, 0) is 43.9 Å². The molecule has 0 saturated carbocycles.